The summed E-state index contributed by atoms with van der Waals surface area (Å²) in [6.07, 6.45) is 0. The fraction of sp³-hybridized carbons (Fsp3) is 0.500. The Hall–Kier alpha value is -1.00. The van der Waals surface area contributed by atoms with Gasteiger partial charge in [-0.1, -0.05) is 17.7 Å². The Balaban J connectivity index is 2.46. The van der Waals surface area contributed by atoms with Gasteiger partial charge in [-0.05, 0) is 32.9 Å². The van der Waals surface area contributed by atoms with E-state index in [1.165, 1.54) is 5.56 Å². The van der Waals surface area contributed by atoms with Gasteiger partial charge >= 0.3 is 0 Å². The normalized spacial score (nSPS) is 14.0. The van der Waals surface area contributed by atoms with Crippen molar-refractivity contribution in [2.24, 2.45) is 0 Å². The maximum atomic E-state index is 11.9. The molecule has 18 heavy (non-hydrogen) atoms. The van der Waals surface area contributed by atoms with Crippen molar-refractivity contribution in [3.05, 3.63) is 29.8 Å². The molecule has 3 nitrogen and oxygen atoms in total. The average Bonchev–Trinajstić information content (AvgIpc) is 2.32. The Morgan fingerprint density at radius 3 is 2.50 bits per heavy atom. The third-order valence-corrected chi connectivity index (χ3v) is 3.62. The minimum Gasteiger partial charge on any atom is -0.383 e. The van der Waals surface area contributed by atoms with Crippen LogP contribution in [0.1, 0.15) is 19.4 Å². The molecule has 1 aromatic carbocycles. The molecule has 0 aliphatic heterocycles. The zero-order valence-corrected chi connectivity index (χ0v) is 12.2. The van der Waals surface area contributed by atoms with Crippen LogP contribution in [0.3, 0.4) is 0 Å². The van der Waals surface area contributed by atoms with Crippen LogP contribution >= 0.6 is 11.8 Å². The predicted octanol–water partition coefficient (Wildman–Crippen LogP) is 2.63. The summed E-state index contributed by atoms with van der Waals surface area (Å²) < 4.78 is 4.99. The molecule has 0 aromatic heterocycles. The molecule has 1 rings (SSSR count). The van der Waals surface area contributed by atoms with Crippen molar-refractivity contribution in [2.45, 2.75) is 37.0 Å². The number of aryl methyl sites for hydroxylation is 1. The first-order valence-electron chi connectivity index (χ1n) is 6.05. The van der Waals surface area contributed by atoms with Crippen molar-refractivity contribution >= 4 is 17.7 Å². The summed E-state index contributed by atoms with van der Waals surface area (Å²) in [6.45, 7) is 6.44. The van der Waals surface area contributed by atoms with E-state index in [0.717, 1.165) is 4.90 Å². The first-order valence-corrected chi connectivity index (χ1v) is 6.93. The Kier molecular flexibility index (Phi) is 6.22. The monoisotopic (exact) mass is 267 g/mol. The SMILES string of the molecule is COC[C@@H](C)NC(=O)[C@H](C)Sc1ccc(C)cc1. The van der Waals surface area contributed by atoms with Gasteiger partial charge in [0, 0.05) is 18.0 Å². The van der Waals surface area contributed by atoms with Crippen molar-refractivity contribution < 1.29 is 9.53 Å². The number of thioether (sulfide) groups is 1. The lowest BCUT2D eigenvalue weighted by Gasteiger charge is -2.16. The van der Waals surface area contributed by atoms with Crippen LogP contribution in [0.15, 0.2) is 29.2 Å². The lowest BCUT2D eigenvalue weighted by Crippen LogP contribution is -2.39. The van der Waals surface area contributed by atoms with Crippen molar-refractivity contribution in [3.8, 4) is 0 Å². The molecule has 2 atom stereocenters. The first kappa shape index (κ1) is 15.1. The van der Waals surface area contributed by atoms with Crippen LogP contribution in [0, 0.1) is 6.92 Å². The first-order chi connectivity index (χ1) is 8.52. The topological polar surface area (TPSA) is 38.3 Å². The predicted molar refractivity (Wildman–Crippen MR) is 76.0 cm³/mol. The van der Waals surface area contributed by atoms with Gasteiger partial charge in [0.15, 0.2) is 0 Å². The molecule has 0 unspecified atom stereocenters. The fourth-order valence-electron chi connectivity index (χ4n) is 1.53. The summed E-state index contributed by atoms with van der Waals surface area (Å²) >= 11 is 1.57. The molecule has 1 N–H and O–H groups in total. The Morgan fingerprint density at radius 1 is 1.33 bits per heavy atom. The van der Waals surface area contributed by atoms with Crippen LogP contribution < -0.4 is 5.32 Å². The highest BCUT2D eigenvalue weighted by atomic mass is 32.2. The van der Waals surface area contributed by atoms with Gasteiger partial charge in [-0.2, -0.15) is 0 Å². The van der Waals surface area contributed by atoms with Crippen LogP contribution in [0.5, 0.6) is 0 Å². The van der Waals surface area contributed by atoms with E-state index in [0.29, 0.717) is 6.61 Å². The zero-order valence-electron chi connectivity index (χ0n) is 11.4. The van der Waals surface area contributed by atoms with Crippen molar-refractivity contribution in [1.29, 1.82) is 0 Å². The minimum atomic E-state index is -0.105. The number of amides is 1. The van der Waals surface area contributed by atoms with E-state index < -0.39 is 0 Å². The van der Waals surface area contributed by atoms with Crippen LogP contribution in [0.4, 0.5) is 0 Å². The number of rotatable bonds is 6. The Bertz CT molecular complexity index is 378. The Labute approximate surface area is 113 Å². The number of benzene rings is 1. The number of carbonyl (C=O) groups excluding carboxylic acids is 1. The fourth-order valence-corrected chi connectivity index (χ4v) is 2.40. The summed E-state index contributed by atoms with van der Waals surface area (Å²) in [7, 11) is 1.63. The molecule has 0 radical (unpaired) electrons. The van der Waals surface area contributed by atoms with Gasteiger partial charge in [0.1, 0.15) is 0 Å². The van der Waals surface area contributed by atoms with Gasteiger partial charge in [0.25, 0.3) is 0 Å². The second-order valence-corrected chi connectivity index (χ2v) is 5.85. The molecule has 0 fully saturated rings. The van der Waals surface area contributed by atoms with Gasteiger partial charge in [0.05, 0.1) is 11.9 Å². The molecule has 4 heteroatoms. The van der Waals surface area contributed by atoms with Gasteiger partial charge < -0.3 is 10.1 Å². The quantitative estimate of drug-likeness (QED) is 0.805. The lowest BCUT2D eigenvalue weighted by atomic mass is 10.2. The average molecular weight is 267 g/mol. The van der Waals surface area contributed by atoms with Crippen molar-refractivity contribution in [3.63, 3.8) is 0 Å². The van der Waals surface area contributed by atoms with E-state index in [9.17, 15) is 4.79 Å². The van der Waals surface area contributed by atoms with E-state index in [1.807, 2.05) is 26.0 Å². The molecular weight excluding hydrogens is 246 g/mol. The highest BCUT2D eigenvalue weighted by Crippen LogP contribution is 2.23. The van der Waals surface area contributed by atoms with Gasteiger partial charge in [0.2, 0.25) is 5.91 Å². The number of nitrogens with one attached hydrogen (secondary N) is 1. The minimum absolute atomic E-state index is 0.0450. The molecule has 0 saturated carbocycles. The molecule has 100 valence electrons. The van der Waals surface area contributed by atoms with Crippen LogP contribution in [0.2, 0.25) is 0 Å². The summed E-state index contributed by atoms with van der Waals surface area (Å²) in [5.74, 6) is 0.0464. The van der Waals surface area contributed by atoms with Crippen molar-refractivity contribution in [1.82, 2.24) is 5.32 Å². The molecular formula is C14H21NO2S. The van der Waals surface area contributed by atoms with E-state index in [1.54, 1.807) is 18.9 Å². The van der Waals surface area contributed by atoms with Gasteiger partial charge in [-0.15, -0.1) is 11.8 Å². The number of hydrogen-bond acceptors (Lipinski definition) is 3. The number of ether oxygens (including phenoxy) is 1. The number of methoxy groups -OCH3 is 1. The molecule has 1 aromatic rings. The largest absolute Gasteiger partial charge is 0.383 e. The van der Waals surface area contributed by atoms with Crippen molar-refractivity contribution in [2.75, 3.05) is 13.7 Å². The van der Waals surface area contributed by atoms with E-state index in [4.69, 9.17) is 4.74 Å². The molecule has 0 spiro atoms. The van der Waals surface area contributed by atoms with Crippen LogP contribution in [-0.2, 0) is 9.53 Å². The molecule has 0 aliphatic rings. The number of hydrogen-bond donors (Lipinski definition) is 1. The van der Waals surface area contributed by atoms with Gasteiger partial charge in [-0.3, -0.25) is 4.79 Å². The molecule has 0 saturated heterocycles. The van der Waals surface area contributed by atoms with E-state index in [-0.39, 0.29) is 17.2 Å². The molecule has 0 heterocycles. The van der Waals surface area contributed by atoms with E-state index in [2.05, 4.69) is 24.4 Å². The summed E-state index contributed by atoms with van der Waals surface area (Å²) in [6, 6.07) is 8.25. The summed E-state index contributed by atoms with van der Waals surface area (Å²) in [5, 5.41) is 2.82. The molecule has 1 amide bonds. The highest BCUT2D eigenvalue weighted by molar-refractivity contribution is 8.00. The van der Waals surface area contributed by atoms with Gasteiger partial charge in [-0.25, -0.2) is 0 Å². The number of carbonyl (C=O) groups is 1. The third kappa shape index (κ3) is 5.10. The molecule has 0 aliphatic carbocycles. The second kappa shape index (κ2) is 7.44. The smallest absolute Gasteiger partial charge is 0.233 e. The second-order valence-electron chi connectivity index (χ2n) is 4.44. The lowest BCUT2D eigenvalue weighted by molar-refractivity contribution is -0.121. The zero-order chi connectivity index (χ0) is 13.5. The maximum Gasteiger partial charge on any atom is 0.233 e. The maximum absolute atomic E-state index is 11.9. The third-order valence-electron chi connectivity index (χ3n) is 2.51. The highest BCUT2D eigenvalue weighted by Gasteiger charge is 2.16. The Morgan fingerprint density at radius 2 is 1.94 bits per heavy atom. The van der Waals surface area contributed by atoms with Crippen LogP contribution in [-0.4, -0.2) is 30.9 Å². The molecule has 0 bridgehead atoms. The van der Waals surface area contributed by atoms with Crippen LogP contribution in [0.25, 0.3) is 0 Å². The summed E-state index contributed by atoms with van der Waals surface area (Å²) in [5.41, 5.74) is 1.23. The summed E-state index contributed by atoms with van der Waals surface area (Å²) in [4.78, 5) is 13.0. The van der Waals surface area contributed by atoms with E-state index >= 15 is 0 Å². The standard InChI is InChI=1S/C14H21NO2S/c1-10-5-7-13(8-6-10)18-12(3)14(16)15-11(2)9-17-4/h5-8,11-12H,9H2,1-4H3,(H,15,16)/t11-,12+/m1/s1.